The number of pyridine rings is 1. The molecule has 0 N–H and O–H groups in total. The molecule has 0 spiro atoms. The third-order valence-corrected chi connectivity index (χ3v) is 2.99. The highest BCUT2D eigenvalue weighted by molar-refractivity contribution is 14.1. The zero-order valence-electron chi connectivity index (χ0n) is 9.80. The third-order valence-electron chi connectivity index (χ3n) is 1.92. The second kappa shape index (κ2) is 6.50. The molecule has 10 heteroatoms. The number of halogens is 6. The standard InChI is InChI=1S/C10H7F5INO3/c1-2-19-9(18)4-3-17-6(8(11)12)7(5(4)16)20-10(13,14)15/h3,8H,2H2,1H3. The van der Waals surface area contributed by atoms with Crippen LogP contribution in [0.1, 0.15) is 29.4 Å². The van der Waals surface area contributed by atoms with E-state index < -0.39 is 33.8 Å². The van der Waals surface area contributed by atoms with Crippen LogP contribution in [0, 0.1) is 3.57 Å². The van der Waals surface area contributed by atoms with Gasteiger partial charge in [-0.2, -0.15) is 0 Å². The fourth-order valence-corrected chi connectivity index (χ4v) is 1.95. The van der Waals surface area contributed by atoms with Crippen molar-refractivity contribution in [1.82, 2.24) is 4.98 Å². The Balaban J connectivity index is 3.34. The number of nitrogens with zero attached hydrogens (tertiary/aromatic N) is 1. The van der Waals surface area contributed by atoms with Crippen LogP contribution < -0.4 is 4.74 Å². The van der Waals surface area contributed by atoms with Crippen molar-refractivity contribution < 1.29 is 36.2 Å². The zero-order chi connectivity index (χ0) is 15.5. The van der Waals surface area contributed by atoms with Crippen molar-refractivity contribution in [2.24, 2.45) is 0 Å². The number of alkyl halides is 5. The van der Waals surface area contributed by atoms with Crippen molar-refractivity contribution in [2.45, 2.75) is 19.7 Å². The summed E-state index contributed by atoms with van der Waals surface area (Å²) >= 11 is 1.30. The molecule has 0 aliphatic carbocycles. The quantitative estimate of drug-likeness (QED) is 0.431. The van der Waals surface area contributed by atoms with Gasteiger partial charge in [-0.1, -0.05) is 0 Å². The van der Waals surface area contributed by atoms with E-state index in [1.165, 1.54) is 29.5 Å². The number of hydrogen-bond donors (Lipinski definition) is 0. The Hall–Kier alpha value is -1.20. The van der Waals surface area contributed by atoms with E-state index in [2.05, 4.69) is 14.5 Å². The van der Waals surface area contributed by atoms with E-state index in [1.54, 1.807) is 0 Å². The topological polar surface area (TPSA) is 48.4 Å². The maximum atomic E-state index is 12.6. The molecule has 0 aliphatic rings. The fourth-order valence-electron chi connectivity index (χ4n) is 1.20. The fraction of sp³-hybridized carbons (Fsp3) is 0.400. The molecule has 0 radical (unpaired) electrons. The lowest BCUT2D eigenvalue weighted by atomic mass is 10.2. The summed E-state index contributed by atoms with van der Waals surface area (Å²) in [5.41, 5.74) is -1.57. The van der Waals surface area contributed by atoms with Crippen molar-refractivity contribution in [1.29, 1.82) is 0 Å². The van der Waals surface area contributed by atoms with Crippen molar-refractivity contribution in [2.75, 3.05) is 6.61 Å². The SMILES string of the molecule is CCOC(=O)c1cnc(C(F)F)c(OC(F)(F)F)c1I. The predicted octanol–water partition coefficient (Wildman–Crippen LogP) is 3.70. The molecule has 4 nitrogen and oxygen atoms in total. The van der Waals surface area contributed by atoms with E-state index in [-0.39, 0.29) is 12.2 Å². The van der Waals surface area contributed by atoms with Crippen LogP contribution in [0.25, 0.3) is 0 Å². The van der Waals surface area contributed by atoms with Gasteiger partial charge in [-0.15, -0.1) is 13.2 Å². The van der Waals surface area contributed by atoms with Crippen molar-refractivity contribution >= 4 is 28.6 Å². The summed E-state index contributed by atoms with van der Waals surface area (Å²) < 4.78 is 69.6. The largest absolute Gasteiger partial charge is 0.573 e. The molecule has 1 rings (SSSR count). The molecule has 1 aromatic heterocycles. The second-order valence-electron chi connectivity index (χ2n) is 3.27. The number of carbonyl (C=O) groups excluding carboxylic acids is 1. The summed E-state index contributed by atoms with van der Waals surface area (Å²) in [5.74, 6) is -2.17. The van der Waals surface area contributed by atoms with Gasteiger partial charge in [0.25, 0.3) is 6.43 Å². The van der Waals surface area contributed by atoms with Crippen molar-refractivity contribution in [3.63, 3.8) is 0 Å². The van der Waals surface area contributed by atoms with E-state index in [9.17, 15) is 26.7 Å². The van der Waals surface area contributed by atoms with Gasteiger partial charge in [0.2, 0.25) is 0 Å². The minimum atomic E-state index is -5.18. The molecule has 0 saturated heterocycles. The van der Waals surface area contributed by atoms with Gasteiger partial charge in [0.05, 0.1) is 15.7 Å². The first-order valence-corrected chi connectivity index (χ1v) is 6.14. The smallest absolute Gasteiger partial charge is 0.462 e. The van der Waals surface area contributed by atoms with Crippen LogP contribution in [0.4, 0.5) is 22.0 Å². The van der Waals surface area contributed by atoms with Gasteiger partial charge in [0.1, 0.15) is 5.69 Å². The van der Waals surface area contributed by atoms with Gasteiger partial charge < -0.3 is 9.47 Å². The second-order valence-corrected chi connectivity index (χ2v) is 4.35. The number of ether oxygens (including phenoxy) is 2. The number of rotatable bonds is 4. The number of hydrogen-bond acceptors (Lipinski definition) is 4. The molecule has 0 saturated carbocycles. The van der Waals surface area contributed by atoms with Crippen LogP contribution in [-0.4, -0.2) is 23.9 Å². The summed E-state index contributed by atoms with van der Waals surface area (Å²) in [6.45, 7) is 1.46. The Labute approximate surface area is 123 Å². The third kappa shape index (κ3) is 4.15. The number of esters is 1. The average Bonchev–Trinajstić information content (AvgIpc) is 2.29. The van der Waals surface area contributed by atoms with E-state index in [0.29, 0.717) is 0 Å². The van der Waals surface area contributed by atoms with Gasteiger partial charge in [-0.3, -0.25) is 4.98 Å². The highest BCUT2D eigenvalue weighted by Gasteiger charge is 2.36. The number of aromatic nitrogens is 1. The van der Waals surface area contributed by atoms with Crippen LogP contribution in [0.15, 0.2) is 6.20 Å². The molecule has 0 unspecified atom stereocenters. The minimum absolute atomic E-state index is 0.0268. The Morgan fingerprint density at radius 2 is 2.05 bits per heavy atom. The number of carbonyl (C=O) groups is 1. The average molecular weight is 411 g/mol. The van der Waals surface area contributed by atoms with E-state index in [1.807, 2.05) is 0 Å². The summed E-state index contributed by atoms with van der Waals surface area (Å²) in [4.78, 5) is 14.6. The lowest BCUT2D eigenvalue weighted by molar-refractivity contribution is -0.275. The molecule has 0 fully saturated rings. The maximum Gasteiger partial charge on any atom is 0.573 e. The zero-order valence-corrected chi connectivity index (χ0v) is 12.0. The van der Waals surface area contributed by atoms with Crippen LogP contribution in [-0.2, 0) is 4.74 Å². The molecule has 0 aliphatic heterocycles. The molecule has 0 amide bonds. The lowest BCUT2D eigenvalue weighted by Crippen LogP contribution is -2.21. The molecular formula is C10H7F5INO3. The molecule has 0 aromatic carbocycles. The Kier molecular flexibility index (Phi) is 5.48. The monoisotopic (exact) mass is 411 g/mol. The Morgan fingerprint density at radius 3 is 2.50 bits per heavy atom. The van der Waals surface area contributed by atoms with Crippen LogP contribution in [0.3, 0.4) is 0 Å². The minimum Gasteiger partial charge on any atom is -0.462 e. The van der Waals surface area contributed by atoms with Crippen LogP contribution in [0.5, 0.6) is 5.75 Å². The van der Waals surface area contributed by atoms with Gasteiger partial charge in [-0.25, -0.2) is 13.6 Å². The highest BCUT2D eigenvalue weighted by Crippen LogP contribution is 2.36. The van der Waals surface area contributed by atoms with Gasteiger partial charge >= 0.3 is 12.3 Å². The molecule has 112 valence electrons. The summed E-state index contributed by atoms with van der Waals surface area (Å²) in [7, 11) is 0. The van der Waals surface area contributed by atoms with Crippen LogP contribution >= 0.6 is 22.6 Å². The molecule has 1 aromatic rings. The predicted molar refractivity (Wildman–Crippen MR) is 64.6 cm³/mol. The van der Waals surface area contributed by atoms with Crippen molar-refractivity contribution in [3.05, 3.63) is 21.0 Å². The lowest BCUT2D eigenvalue weighted by Gasteiger charge is -2.15. The first kappa shape index (κ1) is 16.9. The highest BCUT2D eigenvalue weighted by atomic mass is 127. The molecular weight excluding hydrogens is 404 g/mol. The normalized spacial score (nSPS) is 11.6. The summed E-state index contributed by atoms with van der Waals surface area (Å²) in [6, 6.07) is 0. The molecule has 1 heterocycles. The maximum absolute atomic E-state index is 12.6. The van der Waals surface area contributed by atoms with Crippen LogP contribution in [0.2, 0.25) is 0 Å². The molecule has 0 bridgehead atoms. The van der Waals surface area contributed by atoms with Gasteiger partial charge in [0.15, 0.2) is 5.75 Å². The summed E-state index contributed by atoms with van der Waals surface area (Å²) in [6.07, 6.45) is -7.74. The van der Waals surface area contributed by atoms with E-state index in [0.717, 1.165) is 6.20 Å². The van der Waals surface area contributed by atoms with E-state index >= 15 is 0 Å². The Bertz CT molecular complexity index is 506. The van der Waals surface area contributed by atoms with Crippen molar-refractivity contribution in [3.8, 4) is 5.75 Å². The Morgan fingerprint density at radius 1 is 1.45 bits per heavy atom. The van der Waals surface area contributed by atoms with E-state index in [4.69, 9.17) is 0 Å². The molecule has 0 atom stereocenters. The van der Waals surface area contributed by atoms with Gasteiger partial charge in [0, 0.05) is 6.20 Å². The van der Waals surface area contributed by atoms with Gasteiger partial charge in [-0.05, 0) is 29.5 Å². The first-order valence-electron chi connectivity index (χ1n) is 5.06. The first-order chi connectivity index (χ1) is 9.17. The molecule has 20 heavy (non-hydrogen) atoms. The summed E-state index contributed by atoms with van der Waals surface area (Å²) in [5, 5.41) is 0.